The van der Waals surface area contributed by atoms with Gasteiger partial charge in [-0.2, -0.15) is 0 Å². The van der Waals surface area contributed by atoms with Crippen molar-refractivity contribution in [2.24, 2.45) is 10.9 Å². The summed E-state index contributed by atoms with van der Waals surface area (Å²) in [6.07, 6.45) is 6.73. The highest BCUT2D eigenvalue weighted by Gasteiger charge is 2.46. The predicted octanol–water partition coefficient (Wildman–Crippen LogP) is 5.88. The Kier molecular flexibility index (Phi) is 5.12. The topological polar surface area (TPSA) is 31.4 Å². The average molecular weight is 420 g/mol. The fraction of sp³-hybridized carbons (Fsp3) is 0.276. The van der Waals surface area contributed by atoms with E-state index in [0.29, 0.717) is 23.9 Å². The van der Waals surface area contributed by atoms with Crippen LogP contribution in [-0.2, 0) is 0 Å². The number of nitrogens with zero attached hydrogens (tertiary/aromatic N) is 2. The Hall–Kier alpha value is -3.17. The third-order valence-corrected chi connectivity index (χ3v) is 7.49. The Morgan fingerprint density at radius 3 is 2.12 bits per heavy atom. The van der Waals surface area contributed by atoms with Crippen molar-refractivity contribution in [3.63, 3.8) is 0 Å². The Balaban J connectivity index is 1.42. The van der Waals surface area contributed by atoms with Crippen LogP contribution in [0.3, 0.4) is 0 Å². The Bertz CT molecular complexity index is 1160. The first-order valence-electron chi connectivity index (χ1n) is 11.8. The van der Waals surface area contributed by atoms with E-state index in [0.717, 1.165) is 0 Å². The first kappa shape index (κ1) is 19.5. The van der Waals surface area contributed by atoms with Crippen molar-refractivity contribution >= 4 is 17.1 Å². The lowest BCUT2D eigenvalue weighted by atomic mass is 9.71. The lowest BCUT2D eigenvalue weighted by Gasteiger charge is -2.52. The van der Waals surface area contributed by atoms with Gasteiger partial charge in [-0.3, -0.25) is 9.89 Å². The van der Waals surface area contributed by atoms with Crippen molar-refractivity contribution in [1.29, 1.82) is 0 Å². The van der Waals surface area contributed by atoms with Gasteiger partial charge in [-0.1, -0.05) is 78.9 Å². The molecule has 3 saturated heterocycles. The fourth-order valence-corrected chi connectivity index (χ4v) is 5.95. The molecule has 3 nitrogen and oxygen atoms in total. The minimum absolute atomic E-state index is 0.302. The van der Waals surface area contributed by atoms with Gasteiger partial charge >= 0.3 is 0 Å². The normalized spacial score (nSPS) is 25.2. The van der Waals surface area contributed by atoms with Crippen LogP contribution in [0.25, 0.3) is 10.9 Å². The van der Waals surface area contributed by atoms with Crippen LogP contribution in [0.1, 0.15) is 35.4 Å². The van der Waals surface area contributed by atoms with E-state index in [2.05, 4.69) is 107 Å². The Morgan fingerprint density at radius 1 is 0.812 bits per heavy atom. The minimum atomic E-state index is 0.302. The lowest BCUT2D eigenvalue weighted by Crippen LogP contribution is -2.59. The molecule has 0 unspecified atom stereocenters. The van der Waals surface area contributed by atoms with Gasteiger partial charge in [0.05, 0.1) is 6.04 Å². The highest BCUT2D eigenvalue weighted by atomic mass is 15.2. The number of aromatic nitrogens is 1. The van der Waals surface area contributed by atoms with Crippen molar-refractivity contribution in [2.45, 2.75) is 30.8 Å². The van der Waals surface area contributed by atoms with Crippen molar-refractivity contribution in [1.82, 2.24) is 9.88 Å². The monoisotopic (exact) mass is 419 g/mol. The van der Waals surface area contributed by atoms with Gasteiger partial charge in [-0.05, 0) is 49.0 Å². The molecule has 0 aliphatic carbocycles. The van der Waals surface area contributed by atoms with Crippen LogP contribution in [0.4, 0.5) is 0 Å². The van der Waals surface area contributed by atoms with Gasteiger partial charge < -0.3 is 4.98 Å². The number of H-pyrrole nitrogens is 1. The summed E-state index contributed by atoms with van der Waals surface area (Å²) >= 11 is 0. The highest BCUT2D eigenvalue weighted by Crippen LogP contribution is 2.43. The number of para-hydroxylation sites is 1. The van der Waals surface area contributed by atoms with Crippen LogP contribution < -0.4 is 0 Å². The summed E-state index contributed by atoms with van der Waals surface area (Å²) < 4.78 is 0. The molecule has 0 saturated carbocycles. The van der Waals surface area contributed by atoms with Crippen molar-refractivity contribution in [2.75, 3.05) is 13.1 Å². The minimum Gasteiger partial charge on any atom is -0.361 e. The number of aromatic amines is 1. The standard InChI is InChI=1S/C29H29N3/c1-3-9-21(10-4-1)27(22-11-5-2-6-12-22)29-28(23-15-17-32(29)18-16-23)31-20-24-19-30-26-14-8-7-13-25(24)26/h1-14,19-20,23,27-30H,15-18H2/b31-20+/t28-,29+/m1/s1. The molecule has 4 heterocycles. The molecule has 32 heavy (non-hydrogen) atoms. The molecule has 0 spiro atoms. The van der Waals surface area contributed by atoms with Gasteiger partial charge in [-0.15, -0.1) is 0 Å². The number of piperidine rings is 3. The van der Waals surface area contributed by atoms with Crippen molar-refractivity contribution in [3.8, 4) is 0 Å². The van der Waals surface area contributed by atoms with E-state index >= 15 is 0 Å². The zero-order valence-electron chi connectivity index (χ0n) is 18.3. The van der Waals surface area contributed by atoms with Gasteiger partial charge in [0.25, 0.3) is 0 Å². The SMILES string of the molecule is C(=N\[C@@H]1C2CCN(CC2)[C@H]1C(c1ccccc1)c1ccccc1)/c1c[nH]c2ccccc12. The number of benzene rings is 3. The van der Waals surface area contributed by atoms with Crippen molar-refractivity contribution in [3.05, 3.63) is 108 Å². The van der Waals surface area contributed by atoms with Crippen LogP contribution in [-0.4, -0.2) is 41.3 Å². The molecule has 3 aliphatic rings. The molecule has 0 amide bonds. The van der Waals surface area contributed by atoms with Crippen LogP contribution in [0.15, 0.2) is 96.1 Å². The van der Waals surface area contributed by atoms with Gasteiger partial charge in [0.1, 0.15) is 0 Å². The maximum atomic E-state index is 5.33. The number of nitrogens with one attached hydrogen (secondary N) is 1. The number of rotatable bonds is 5. The molecule has 1 N–H and O–H groups in total. The summed E-state index contributed by atoms with van der Waals surface area (Å²) in [5.74, 6) is 0.979. The molecule has 0 radical (unpaired) electrons. The summed E-state index contributed by atoms with van der Waals surface area (Å²) in [5.41, 5.74) is 5.14. The fourth-order valence-electron chi connectivity index (χ4n) is 5.95. The molecule has 160 valence electrons. The molecular formula is C29H29N3. The van der Waals surface area contributed by atoms with E-state index in [1.807, 2.05) is 0 Å². The van der Waals surface area contributed by atoms with Crippen LogP contribution in [0, 0.1) is 5.92 Å². The zero-order chi connectivity index (χ0) is 21.3. The van der Waals surface area contributed by atoms with E-state index in [9.17, 15) is 0 Å². The summed E-state index contributed by atoms with van der Waals surface area (Å²) in [4.78, 5) is 11.4. The quantitative estimate of drug-likeness (QED) is 0.402. The van der Waals surface area contributed by atoms with E-state index < -0.39 is 0 Å². The smallest absolute Gasteiger partial charge is 0.0693 e. The van der Waals surface area contributed by atoms with E-state index in [4.69, 9.17) is 4.99 Å². The first-order valence-corrected chi connectivity index (χ1v) is 11.8. The number of hydrogen-bond donors (Lipinski definition) is 1. The molecular weight excluding hydrogens is 390 g/mol. The second-order valence-electron chi connectivity index (χ2n) is 9.22. The summed E-state index contributed by atoms with van der Waals surface area (Å²) in [6, 6.07) is 31.3. The maximum Gasteiger partial charge on any atom is 0.0693 e. The third-order valence-electron chi connectivity index (χ3n) is 7.49. The maximum absolute atomic E-state index is 5.33. The van der Waals surface area contributed by atoms with E-state index in [1.165, 1.54) is 53.5 Å². The average Bonchev–Trinajstić information content (AvgIpc) is 3.28. The molecule has 3 aliphatic heterocycles. The summed E-state index contributed by atoms with van der Waals surface area (Å²) in [6.45, 7) is 2.37. The second-order valence-corrected chi connectivity index (χ2v) is 9.22. The third kappa shape index (κ3) is 3.47. The molecule has 3 aromatic carbocycles. The molecule has 4 aromatic rings. The predicted molar refractivity (Wildman–Crippen MR) is 132 cm³/mol. The van der Waals surface area contributed by atoms with Crippen LogP contribution in [0.5, 0.6) is 0 Å². The molecule has 2 bridgehead atoms. The number of aliphatic imine (C=N–C) groups is 1. The first-order chi connectivity index (χ1) is 15.9. The molecule has 3 fully saturated rings. The van der Waals surface area contributed by atoms with Crippen LogP contribution in [0.2, 0.25) is 0 Å². The molecule has 1 aromatic heterocycles. The zero-order valence-corrected chi connectivity index (χ0v) is 18.3. The lowest BCUT2D eigenvalue weighted by molar-refractivity contribution is 0.0215. The highest BCUT2D eigenvalue weighted by molar-refractivity contribution is 5.99. The Labute approximate surface area is 189 Å². The molecule has 2 atom stereocenters. The second kappa shape index (κ2) is 8.40. The van der Waals surface area contributed by atoms with Gasteiger partial charge in [0, 0.05) is 40.8 Å². The number of hydrogen-bond acceptors (Lipinski definition) is 2. The summed E-state index contributed by atoms with van der Waals surface area (Å²) in [7, 11) is 0. The molecule has 7 rings (SSSR count). The van der Waals surface area contributed by atoms with E-state index in [-0.39, 0.29) is 0 Å². The van der Waals surface area contributed by atoms with Crippen LogP contribution >= 0.6 is 0 Å². The van der Waals surface area contributed by atoms with Gasteiger partial charge in [0.2, 0.25) is 0 Å². The van der Waals surface area contributed by atoms with Gasteiger partial charge in [0.15, 0.2) is 0 Å². The molecule has 3 heteroatoms. The largest absolute Gasteiger partial charge is 0.361 e. The summed E-state index contributed by atoms with van der Waals surface area (Å²) in [5, 5.41) is 1.25. The van der Waals surface area contributed by atoms with Crippen molar-refractivity contribution < 1.29 is 0 Å². The van der Waals surface area contributed by atoms with E-state index in [1.54, 1.807) is 0 Å². The number of fused-ring (bicyclic) bond motifs is 4. The van der Waals surface area contributed by atoms with Gasteiger partial charge in [-0.25, -0.2) is 0 Å². The Morgan fingerprint density at radius 2 is 1.44 bits per heavy atom.